The van der Waals surface area contributed by atoms with Crippen molar-refractivity contribution in [3.05, 3.63) is 70.3 Å². The van der Waals surface area contributed by atoms with Crippen LogP contribution in [0.2, 0.25) is 5.02 Å². The van der Waals surface area contributed by atoms with Crippen molar-refractivity contribution in [3.63, 3.8) is 0 Å². The molecule has 1 aliphatic rings. The van der Waals surface area contributed by atoms with Crippen LogP contribution in [0.3, 0.4) is 0 Å². The molecule has 3 aromatic rings. The molecule has 7 nitrogen and oxygen atoms in total. The normalized spacial score (nSPS) is 15.3. The van der Waals surface area contributed by atoms with Crippen LogP contribution in [0.15, 0.2) is 47.5 Å². The number of aromatic amines is 1. The topological polar surface area (TPSA) is 77.8 Å². The predicted octanol–water partition coefficient (Wildman–Crippen LogP) is 3.66. The number of hydrogen-bond donors (Lipinski definition) is 1. The fraction of sp³-hybridized carbons (Fsp3) is 0.200. The Kier molecular flexibility index (Phi) is 5.24. The van der Waals surface area contributed by atoms with Crippen molar-refractivity contribution in [2.75, 3.05) is 26.2 Å². The van der Waals surface area contributed by atoms with Crippen LogP contribution in [0, 0.1) is 12.4 Å². The second-order valence-electron chi connectivity index (χ2n) is 6.84. The number of sulfonamides is 1. The SMILES string of the molecule is [C-]#[N+]c1ccc(C(=O)N2CCN(S(=O)(=O)c3cc4cc(Cl)ccc4[nH]3)CC2)c(F)c1. The first-order valence-electron chi connectivity index (χ1n) is 9.04. The minimum atomic E-state index is -3.78. The third-order valence-electron chi connectivity index (χ3n) is 5.01. The molecule has 0 saturated carbocycles. The van der Waals surface area contributed by atoms with Gasteiger partial charge in [-0.3, -0.25) is 4.79 Å². The summed E-state index contributed by atoms with van der Waals surface area (Å²) < 4.78 is 41.4. The Balaban J connectivity index is 1.49. The van der Waals surface area contributed by atoms with Crippen molar-refractivity contribution in [2.24, 2.45) is 0 Å². The lowest BCUT2D eigenvalue weighted by Gasteiger charge is -2.33. The van der Waals surface area contributed by atoms with E-state index >= 15 is 0 Å². The number of carbonyl (C=O) groups excluding carboxylic acids is 1. The van der Waals surface area contributed by atoms with Crippen molar-refractivity contribution in [3.8, 4) is 0 Å². The molecule has 1 aromatic heterocycles. The van der Waals surface area contributed by atoms with E-state index in [4.69, 9.17) is 18.2 Å². The van der Waals surface area contributed by atoms with Crippen molar-refractivity contribution in [1.82, 2.24) is 14.2 Å². The number of nitrogens with zero attached hydrogens (tertiary/aromatic N) is 3. The smallest absolute Gasteiger partial charge is 0.258 e. The average Bonchev–Trinajstić information content (AvgIpc) is 3.17. The number of carbonyl (C=O) groups is 1. The molecule has 1 saturated heterocycles. The highest BCUT2D eigenvalue weighted by molar-refractivity contribution is 7.89. The van der Waals surface area contributed by atoms with Crippen LogP contribution < -0.4 is 0 Å². The van der Waals surface area contributed by atoms with Crippen molar-refractivity contribution >= 4 is 44.1 Å². The van der Waals surface area contributed by atoms with Crippen LogP contribution in [-0.4, -0.2) is 54.7 Å². The highest BCUT2D eigenvalue weighted by Gasteiger charge is 2.32. The first kappa shape index (κ1) is 20.3. The molecule has 1 aliphatic heterocycles. The van der Waals surface area contributed by atoms with E-state index < -0.39 is 21.7 Å². The average molecular weight is 447 g/mol. The van der Waals surface area contributed by atoms with E-state index in [9.17, 15) is 17.6 Å². The number of halogens is 2. The molecule has 4 rings (SSSR count). The summed E-state index contributed by atoms with van der Waals surface area (Å²) in [5, 5.41) is 1.25. The Morgan fingerprint density at radius 2 is 1.83 bits per heavy atom. The Morgan fingerprint density at radius 1 is 1.10 bits per heavy atom. The molecule has 30 heavy (non-hydrogen) atoms. The maximum Gasteiger partial charge on any atom is 0.258 e. The molecule has 154 valence electrons. The zero-order valence-electron chi connectivity index (χ0n) is 15.6. The van der Waals surface area contributed by atoms with Gasteiger partial charge in [0.1, 0.15) is 10.8 Å². The molecule has 10 heteroatoms. The van der Waals surface area contributed by atoms with Crippen LogP contribution in [-0.2, 0) is 10.0 Å². The summed E-state index contributed by atoms with van der Waals surface area (Å²) in [4.78, 5) is 20.1. The monoisotopic (exact) mass is 446 g/mol. The van der Waals surface area contributed by atoms with Gasteiger partial charge >= 0.3 is 0 Å². The van der Waals surface area contributed by atoms with Gasteiger partial charge in [-0.25, -0.2) is 17.7 Å². The van der Waals surface area contributed by atoms with Gasteiger partial charge in [0.2, 0.25) is 0 Å². The molecule has 0 bridgehead atoms. The van der Waals surface area contributed by atoms with E-state index in [1.54, 1.807) is 18.2 Å². The molecule has 2 aromatic carbocycles. The lowest BCUT2D eigenvalue weighted by atomic mass is 10.1. The number of fused-ring (bicyclic) bond motifs is 1. The summed E-state index contributed by atoms with van der Waals surface area (Å²) in [6.45, 7) is 7.35. The van der Waals surface area contributed by atoms with Gasteiger partial charge in [-0.2, -0.15) is 4.31 Å². The van der Waals surface area contributed by atoms with Crippen LogP contribution in [0.1, 0.15) is 10.4 Å². The molecular formula is C20H16ClFN4O3S. The number of piperazine rings is 1. The van der Waals surface area contributed by atoms with E-state index in [2.05, 4.69) is 9.83 Å². The number of benzene rings is 2. The number of hydrogen-bond acceptors (Lipinski definition) is 3. The summed E-state index contributed by atoms with van der Waals surface area (Å²) in [6, 6.07) is 10.3. The lowest BCUT2D eigenvalue weighted by Crippen LogP contribution is -2.50. The maximum atomic E-state index is 14.1. The van der Waals surface area contributed by atoms with Gasteiger partial charge in [-0.15, -0.1) is 0 Å². The van der Waals surface area contributed by atoms with E-state index in [0.717, 1.165) is 6.07 Å². The quantitative estimate of drug-likeness (QED) is 0.624. The van der Waals surface area contributed by atoms with Gasteiger partial charge in [0.15, 0.2) is 5.69 Å². The minimum absolute atomic E-state index is 0.0559. The standard InChI is InChI=1S/C20H16ClFN4O3S/c1-23-15-3-4-16(17(22)12-15)20(27)25-6-8-26(9-7-25)30(28,29)19-11-13-10-14(21)2-5-18(13)24-19/h2-5,10-12,24H,6-9H2. The van der Waals surface area contributed by atoms with E-state index in [0.29, 0.717) is 15.9 Å². The predicted molar refractivity (Wildman–Crippen MR) is 111 cm³/mol. The highest BCUT2D eigenvalue weighted by Crippen LogP contribution is 2.25. The summed E-state index contributed by atoms with van der Waals surface area (Å²) in [5.41, 5.74) is 0.635. The highest BCUT2D eigenvalue weighted by atomic mass is 35.5. The summed E-state index contributed by atoms with van der Waals surface area (Å²) in [6.07, 6.45) is 0. The molecule has 0 radical (unpaired) electrons. The second-order valence-corrected chi connectivity index (χ2v) is 9.18. The Labute approximate surface area is 177 Å². The van der Waals surface area contributed by atoms with Crippen molar-refractivity contribution < 1.29 is 17.6 Å². The summed E-state index contributed by atoms with van der Waals surface area (Å²) >= 11 is 5.96. The molecule has 1 fully saturated rings. The van der Waals surface area contributed by atoms with Gasteiger partial charge in [0.25, 0.3) is 15.9 Å². The zero-order valence-corrected chi connectivity index (χ0v) is 17.2. The van der Waals surface area contributed by atoms with Gasteiger partial charge in [0.05, 0.1) is 12.1 Å². The molecule has 0 aliphatic carbocycles. The van der Waals surface area contributed by atoms with Crippen LogP contribution in [0.25, 0.3) is 15.7 Å². The van der Waals surface area contributed by atoms with E-state index in [1.807, 2.05) is 0 Å². The molecule has 0 atom stereocenters. The third kappa shape index (κ3) is 3.65. The van der Waals surface area contributed by atoms with E-state index in [1.165, 1.54) is 27.4 Å². The largest absolute Gasteiger partial charge is 0.345 e. The summed E-state index contributed by atoms with van der Waals surface area (Å²) in [5.74, 6) is -1.29. The van der Waals surface area contributed by atoms with Gasteiger partial charge in [-0.1, -0.05) is 23.7 Å². The molecule has 1 N–H and O–H groups in total. The first-order chi connectivity index (χ1) is 14.3. The Morgan fingerprint density at radius 3 is 2.50 bits per heavy atom. The zero-order chi connectivity index (χ0) is 21.5. The molecule has 0 spiro atoms. The van der Waals surface area contributed by atoms with Crippen LogP contribution in [0.4, 0.5) is 10.1 Å². The maximum absolute atomic E-state index is 14.1. The minimum Gasteiger partial charge on any atom is -0.345 e. The lowest BCUT2D eigenvalue weighted by molar-refractivity contribution is 0.0693. The Bertz CT molecular complexity index is 1290. The number of rotatable bonds is 3. The van der Waals surface area contributed by atoms with Crippen molar-refractivity contribution in [1.29, 1.82) is 0 Å². The van der Waals surface area contributed by atoms with Gasteiger partial charge < -0.3 is 9.88 Å². The fourth-order valence-corrected chi connectivity index (χ4v) is 5.02. The summed E-state index contributed by atoms with van der Waals surface area (Å²) in [7, 11) is -3.78. The van der Waals surface area contributed by atoms with Crippen LogP contribution >= 0.6 is 11.6 Å². The number of nitrogens with one attached hydrogen (secondary N) is 1. The molecular weight excluding hydrogens is 431 g/mol. The molecule has 0 unspecified atom stereocenters. The second kappa shape index (κ2) is 7.72. The first-order valence-corrected chi connectivity index (χ1v) is 10.9. The molecule has 1 amide bonds. The number of amides is 1. The number of aromatic nitrogens is 1. The van der Waals surface area contributed by atoms with E-state index in [-0.39, 0.29) is 42.5 Å². The number of H-pyrrole nitrogens is 1. The van der Waals surface area contributed by atoms with Crippen LogP contribution in [0.5, 0.6) is 0 Å². The molecule has 2 heterocycles. The van der Waals surface area contributed by atoms with Crippen molar-refractivity contribution in [2.45, 2.75) is 5.03 Å². The Hall–Kier alpha value is -2.93. The van der Waals surface area contributed by atoms with Gasteiger partial charge in [0, 0.05) is 42.1 Å². The van der Waals surface area contributed by atoms with Gasteiger partial charge in [-0.05, 0) is 30.3 Å². The fourth-order valence-electron chi connectivity index (χ4n) is 3.40. The third-order valence-corrected chi connectivity index (χ3v) is 7.07.